The molecule has 0 saturated heterocycles. The molecule has 0 bridgehead atoms. The predicted octanol–water partition coefficient (Wildman–Crippen LogP) is 3.75. The Morgan fingerprint density at radius 3 is 2.11 bits per heavy atom. The third-order valence-electron chi connectivity index (χ3n) is 2.47. The van der Waals surface area contributed by atoms with Crippen molar-refractivity contribution in [3.05, 3.63) is 66.2 Å². The Balaban J connectivity index is 0.00000162. The predicted molar refractivity (Wildman–Crippen MR) is 70.4 cm³/mol. The second kappa shape index (κ2) is 7.40. The number of benzene rings is 2. The van der Waals surface area contributed by atoms with Crippen LogP contribution in [0.3, 0.4) is 0 Å². The maximum atomic E-state index is 10.8. The first-order chi connectivity index (χ1) is 8.25. The van der Waals surface area contributed by atoms with Crippen molar-refractivity contribution in [3.8, 4) is 11.1 Å². The van der Waals surface area contributed by atoms with Crippen LogP contribution in [0.15, 0.2) is 54.6 Å². The first-order valence-corrected chi connectivity index (χ1v) is 5.51. The van der Waals surface area contributed by atoms with Crippen LogP contribution in [0.25, 0.3) is 17.2 Å². The van der Waals surface area contributed by atoms with Gasteiger partial charge in [-0.2, -0.15) is 30.3 Å². The first kappa shape index (κ1) is 15.0. The number of carbonyl (C=O) groups excluding carboxylic acids is 1. The van der Waals surface area contributed by atoms with Gasteiger partial charge in [-0.15, -0.1) is 5.56 Å². The molecule has 2 aromatic rings. The number of allylic oxidation sites excluding steroid dienone is 1. The van der Waals surface area contributed by atoms with Crippen molar-refractivity contribution in [1.29, 1.82) is 0 Å². The summed E-state index contributed by atoms with van der Waals surface area (Å²) in [6, 6.07) is 19.0. The van der Waals surface area contributed by atoms with E-state index in [2.05, 4.69) is 18.2 Å². The molecule has 0 spiro atoms. The van der Waals surface area contributed by atoms with Crippen LogP contribution < -0.4 is 0 Å². The minimum Gasteiger partial charge on any atom is -0.295 e. The number of rotatable bonds is 3. The van der Waals surface area contributed by atoms with E-state index in [0.29, 0.717) is 0 Å². The minimum atomic E-state index is 0. The molecule has 0 fully saturated rings. The SMILES string of the molecule is CC(=O)/C=C/c1ccc(-c2cc[c-]cc2)cc1.[Y+3]. The van der Waals surface area contributed by atoms with Gasteiger partial charge in [0.05, 0.1) is 0 Å². The molecule has 2 heteroatoms. The number of hydrogen-bond acceptors (Lipinski definition) is 1. The first-order valence-electron chi connectivity index (χ1n) is 5.51. The molecule has 0 aromatic heterocycles. The van der Waals surface area contributed by atoms with Crippen molar-refractivity contribution in [3.63, 3.8) is 0 Å². The average molecular weight is 310 g/mol. The van der Waals surface area contributed by atoms with E-state index in [1.54, 1.807) is 13.0 Å². The molecule has 0 aliphatic rings. The monoisotopic (exact) mass is 310 g/mol. The second-order valence-electron chi connectivity index (χ2n) is 3.85. The molecule has 0 saturated carbocycles. The largest absolute Gasteiger partial charge is 3.00 e. The topological polar surface area (TPSA) is 17.1 Å². The minimum absolute atomic E-state index is 0. The summed E-state index contributed by atoms with van der Waals surface area (Å²) < 4.78 is 0. The number of hydrogen-bond donors (Lipinski definition) is 0. The Bertz CT molecular complexity index is 527. The van der Waals surface area contributed by atoms with Gasteiger partial charge in [-0.05, 0) is 24.1 Å². The van der Waals surface area contributed by atoms with Crippen molar-refractivity contribution < 1.29 is 37.5 Å². The van der Waals surface area contributed by atoms with Crippen molar-refractivity contribution in [2.45, 2.75) is 6.92 Å². The van der Waals surface area contributed by atoms with Crippen molar-refractivity contribution in [1.82, 2.24) is 0 Å². The van der Waals surface area contributed by atoms with E-state index in [1.807, 2.05) is 42.5 Å². The van der Waals surface area contributed by atoms with Gasteiger partial charge in [0, 0.05) is 0 Å². The van der Waals surface area contributed by atoms with Crippen molar-refractivity contribution in [2.24, 2.45) is 0 Å². The van der Waals surface area contributed by atoms with Crippen molar-refractivity contribution in [2.75, 3.05) is 0 Å². The summed E-state index contributed by atoms with van der Waals surface area (Å²) in [5.74, 6) is 0.0627. The molecule has 18 heavy (non-hydrogen) atoms. The second-order valence-corrected chi connectivity index (χ2v) is 3.85. The van der Waals surface area contributed by atoms with Gasteiger partial charge in [-0.25, -0.2) is 0 Å². The Kier molecular flexibility index (Phi) is 6.17. The summed E-state index contributed by atoms with van der Waals surface area (Å²) in [4.78, 5) is 10.8. The third-order valence-corrected chi connectivity index (χ3v) is 2.47. The zero-order chi connectivity index (χ0) is 12.1. The molecule has 0 atom stereocenters. The van der Waals surface area contributed by atoms with Crippen LogP contribution in [-0.4, -0.2) is 5.78 Å². The zero-order valence-corrected chi connectivity index (χ0v) is 13.1. The van der Waals surface area contributed by atoms with E-state index in [9.17, 15) is 4.79 Å². The van der Waals surface area contributed by atoms with Crippen LogP contribution in [0.5, 0.6) is 0 Å². The number of carbonyl (C=O) groups is 1. The van der Waals surface area contributed by atoms with E-state index < -0.39 is 0 Å². The zero-order valence-electron chi connectivity index (χ0n) is 10.3. The summed E-state index contributed by atoms with van der Waals surface area (Å²) in [6.45, 7) is 1.55. The molecule has 0 N–H and O–H groups in total. The average Bonchev–Trinajstić information content (AvgIpc) is 2.38. The maximum Gasteiger partial charge on any atom is 3.00 e. The molecule has 0 amide bonds. The molecule has 2 rings (SSSR count). The van der Waals surface area contributed by atoms with Crippen LogP contribution in [0.4, 0.5) is 0 Å². The smallest absolute Gasteiger partial charge is 0.295 e. The fourth-order valence-corrected chi connectivity index (χ4v) is 1.58. The molecule has 2 aromatic carbocycles. The molecular formula is C16H13OY+2. The summed E-state index contributed by atoms with van der Waals surface area (Å²) in [6.07, 6.45) is 3.40. The fourth-order valence-electron chi connectivity index (χ4n) is 1.58. The van der Waals surface area contributed by atoms with Gasteiger partial charge >= 0.3 is 32.7 Å². The molecule has 0 heterocycles. The normalized spacial score (nSPS) is 10.1. The quantitative estimate of drug-likeness (QED) is 0.623. The van der Waals surface area contributed by atoms with E-state index in [0.717, 1.165) is 5.56 Å². The Morgan fingerprint density at radius 2 is 1.56 bits per heavy atom. The van der Waals surface area contributed by atoms with Gasteiger partial charge in [0.15, 0.2) is 5.78 Å². The van der Waals surface area contributed by atoms with Crippen LogP contribution in [-0.2, 0) is 37.5 Å². The van der Waals surface area contributed by atoms with Crippen LogP contribution in [0.1, 0.15) is 12.5 Å². The molecule has 1 nitrogen and oxygen atoms in total. The molecular weight excluding hydrogens is 297 g/mol. The standard InChI is InChI=1S/C16H13O.Y/c1-13(17)7-8-14-9-11-16(12-10-14)15-5-3-2-4-6-15;/h3-12H,1H3;/q-1;+3/b8-7+;. The Morgan fingerprint density at radius 1 is 1.00 bits per heavy atom. The van der Waals surface area contributed by atoms with Crippen LogP contribution in [0, 0.1) is 6.07 Å². The summed E-state index contributed by atoms with van der Waals surface area (Å²) >= 11 is 0. The van der Waals surface area contributed by atoms with E-state index in [1.165, 1.54) is 11.1 Å². The Hall–Kier alpha value is -1.05. The number of ketones is 1. The van der Waals surface area contributed by atoms with E-state index in [4.69, 9.17) is 0 Å². The maximum absolute atomic E-state index is 10.8. The van der Waals surface area contributed by atoms with Crippen molar-refractivity contribution >= 4 is 11.9 Å². The van der Waals surface area contributed by atoms with Gasteiger partial charge in [0.25, 0.3) is 0 Å². The summed E-state index contributed by atoms with van der Waals surface area (Å²) in [5, 5.41) is 0. The Labute approximate surface area is 133 Å². The molecule has 0 unspecified atom stereocenters. The van der Waals surface area contributed by atoms with Crippen LogP contribution >= 0.6 is 0 Å². The fraction of sp³-hybridized carbons (Fsp3) is 0.0625. The van der Waals surface area contributed by atoms with Gasteiger partial charge in [-0.1, -0.05) is 30.3 Å². The van der Waals surface area contributed by atoms with Gasteiger partial charge in [0.1, 0.15) is 0 Å². The van der Waals surface area contributed by atoms with Crippen LogP contribution in [0.2, 0.25) is 0 Å². The van der Waals surface area contributed by atoms with Gasteiger partial charge in [-0.3, -0.25) is 4.79 Å². The summed E-state index contributed by atoms with van der Waals surface area (Å²) in [5.41, 5.74) is 3.37. The molecule has 0 aliphatic carbocycles. The van der Waals surface area contributed by atoms with E-state index >= 15 is 0 Å². The van der Waals surface area contributed by atoms with Gasteiger partial charge in [0.2, 0.25) is 0 Å². The third kappa shape index (κ3) is 4.32. The molecule has 0 radical (unpaired) electrons. The van der Waals surface area contributed by atoms with E-state index in [-0.39, 0.29) is 38.5 Å². The van der Waals surface area contributed by atoms with Gasteiger partial charge < -0.3 is 0 Å². The molecule has 84 valence electrons. The molecule has 0 aliphatic heterocycles. The summed E-state index contributed by atoms with van der Waals surface area (Å²) in [7, 11) is 0.